The number of aromatic carboxylic acids is 1. The third kappa shape index (κ3) is 6.64. The maximum Gasteiger partial charge on any atom is 0.391 e. The molecular formula is C13H15F3N2O3. The van der Waals surface area contributed by atoms with Crippen molar-refractivity contribution in [2.24, 2.45) is 0 Å². The summed E-state index contributed by atoms with van der Waals surface area (Å²) in [6, 6.07) is 4.05. The molecule has 0 aliphatic heterocycles. The Morgan fingerprint density at radius 1 is 1.24 bits per heavy atom. The Balaban J connectivity index is 2.41. The van der Waals surface area contributed by atoms with Crippen LogP contribution in [0.5, 0.6) is 0 Å². The number of carboxylic acids is 1. The van der Waals surface area contributed by atoms with E-state index >= 15 is 0 Å². The van der Waals surface area contributed by atoms with Gasteiger partial charge < -0.3 is 15.7 Å². The van der Waals surface area contributed by atoms with E-state index in [4.69, 9.17) is 5.11 Å². The number of halogens is 3. The SMILES string of the molecule is CC(CC(F)(F)F)NC(=O)NCc1ccc(C(=O)O)cc1. The highest BCUT2D eigenvalue weighted by molar-refractivity contribution is 5.87. The molecule has 0 aromatic heterocycles. The van der Waals surface area contributed by atoms with Gasteiger partial charge in [-0.15, -0.1) is 0 Å². The Kier molecular flexibility index (Phi) is 5.57. The molecule has 0 saturated carbocycles. The standard InChI is InChI=1S/C13H15F3N2O3/c1-8(6-13(14,15)16)18-12(21)17-7-9-2-4-10(5-3-9)11(19)20/h2-5,8H,6-7H2,1H3,(H,19,20)(H2,17,18,21). The summed E-state index contributed by atoms with van der Waals surface area (Å²) in [5.74, 6) is -1.06. The summed E-state index contributed by atoms with van der Waals surface area (Å²) in [6.07, 6.45) is -5.44. The lowest BCUT2D eigenvalue weighted by Gasteiger charge is -2.16. The van der Waals surface area contributed by atoms with Gasteiger partial charge in [0.1, 0.15) is 0 Å². The molecule has 0 saturated heterocycles. The maximum absolute atomic E-state index is 12.1. The number of carboxylic acid groups (broad SMARTS) is 1. The van der Waals surface area contributed by atoms with Gasteiger partial charge in [0.2, 0.25) is 0 Å². The molecule has 5 nitrogen and oxygen atoms in total. The molecule has 1 aromatic rings. The maximum atomic E-state index is 12.1. The smallest absolute Gasteiger partial charge is 0.391 e. The Morgan fingerprint density at radius 2 is 1.81 bits per heavy atom. The Hall–Kier alpha value is -2.25. The van der Waals surface area contributed by atoms with E-state index < -0.39 is 30.6 Å². The van der Waals surface area contributed by atoms with Crippen LogP contribution in [-0.2, 0) is 6.54 Å². The van der Waals surface area contributed by atoms with Crippen LogP contribution < -0.4 is 10.6 Å². The summed E-state index contributed by atoms with van der Waals surface area (Å²) in [7, 11) is 0. The highest BCUT2D eigenvalue weighted by Crippen LogP contribution is 2.21. The molecule has 0 bridgehead atoms. The van der Waals surface area contributed by atoms with E-state index in [2.05, 4.69) is 10.6 Å². The van der Waals surface area contributed by atoms with Crippen molar-refractivity contribution in [3.05, 3.63) is 35.4 Å². The summed E-state index contributed by atoms with van der Waals surface area (Å²) >= 11 is 0. The zero-order valence-electron chi connectivity index (χ0n) is 11.2. The number of amides is 2. The first-order valence-corrected chi connectivity index (χ1v) is 6.11. The third-order valence-corrected chi connectivity index (χ3v) is 2.57. The minimum atomic E-state index is -4.33. The summed E-state index contributed by atoms with van der Waals surface area (Å²) in [6.45, 7) is 1.35. The first kappa shape index (κ1) is 16.8. The summed E-state index contributed by atoms with van der Waals surface area (Å²) in [5, 5.41) is 13.3. The van der Waals surface area contributed by atoms with Gasteiger partial charge in [0.05, 0.1) is 12.0 Å². The molecule has 0 fully saturated rings. The monoisotopic (exact) mass is 304 g/mol. The van der Waals surface area contributed by atoms with E-state index in [1.54, 1.807) is 0 Å². The minimum absolute atomic E-state index is 0.0878. The van der Waals surface area contributed by atoms with Crippen molar-refractivity contribution in [2.45, 2.75) is 32.1 Å². The fourth-order valence-electron chi connectivity index (χ4n) is 1.62. The number of nitrogens with one attached hydrogen (secondary N) is 2. The van der Waals surface area contributed by atoms with Crippen molar-refractivity contribution in [1.29, 1.82) is 0 Å². The van der Waals surface area contributed by atoms with Crippen molar-refractivity contribution in [1.82, 2.24) is 10.6 Å². The second-order valence-corrected chi connectivity index (χ2v) is 4.55. The molecule has 1 rings (SSSR count). The van der Waals surface area contributed by atoms with Gasteiger partial charge in [0.25, 0.3) is 0 Å². The number of urea groups is 1. The van der Waals surface area contributed by atoms with Gasteiger partial charge in [-0.05, 0) is 24.6 Å². The highest BCUT2D eigenvalue weighted by atomic mass is 19.4. The number of benzene rings is 1. The first-order chi connectivity index (χ1) is 9.67. The van der Waals surface area contributed by atoms with E-state index in [1.165, 1.54) is 31.2 Å². The molecule has 21 heavy (non-hydrogen) atoms. The molecule has 8 heteroatoms. The average molecular weight is 304 g/mol. The molecule has 0 spiro atoms. The van der Waals surface area contributed by atoms with Crippen molar-refractivity contribution in [3.8, 4) is 0 Å². The van der Waals surface area contributed by atoms with Crippen LogP contribution in [0.1, 0.15) is 29.3 Å². The molecule has 1 aromatic carbocycles. The van der Waals surface area contributed by atoms with Crippen molar-refractivity contribution in [3.63, 3.8) is 0 Å². The largest absolute Gasteiger partial charge is 0.478 e. The molecule has 0 heterocycles. The molecular weight excluding hydrogens is 289 g/mol. The number of hydrogen-bond donors (Lipinski definition) is 3. The molecule has 0 aliphatic rings. The molecule has 1 unspecified atom stereocenters. The zero-order chi connectivity index (χ0) is 16.0. The lowest BCUT2D eigenvalue weighted by molar-refractivity contribution is -0.138. The van der Waals surface area contributed by atoms with Gasteiger partial charge in [-0.3, -0.25) is 0 Å². The number of alkyl halides is 3. The van der Waals surface area contributed by atoms with Crippen LogP contribution in [0.25, 0.3) is 0 Å². The summed E-state index contributed by atoms with van der Waals surface area (Å²) < 4.78 is 36.3. The van der Waals surface area contributed by atoms with E-state index in [0.29, 0.717) is 5.56 Å². The normalized spacial score (nSPS) is 12.6. The van der Waals surface area contributed by atoms with Crippen LogP contribution in [0.4, 0.5) is 18.0 Å². The average Bonchev–Trinajstić information content (AvgIpc) is 2.34. The summed E-state index contributed by atoms with van der Waals surface area (Å²) in [4.78, 5) is 22.0. The van der Waals surface area contributed by atoms with Gasteiger partial charge in [-0.25, -0.2) is 9.59 Å². The summed E-state index contributed by atoms with van der Waals surface area (Å²) in [5.41, 5.74) is 0.751. The predicted molar refractivity (Wildman–Crippen MR) is 68.9 cm³/mol. The van der Waals surface area contributed by atoms with Crippen LogP contribution in [0.15, 0.2) is 24.3 Å². The topological polar surface area (TPSA) is 78.4 Å². The zero-order valence-corrected chi connectivity index (χ0v) is 11.2. The number of rotatable bonds is 5. The van der Waals surface area contributed by atoms with Gasteiger partial charge in [-0.1, -0.05) is 12.1 Å². The van der Waals surface area contributed by atoms with Crippen molar-refractivity contribution in [2.75, 3.05) is 0 Å². The number of carbonyl (C=O) groups excluding carboxylic acids is 1. The highest BCUT2D eigenvalue weighted by Gasteiger charge is 2.30. The second-order valence-electron chi connectivity index (χ2n) is 4.55. The van der Waals surface area contributed by atoms with Gasteiger partial charge in [0, 0.05) is 12.6 Å². The minimum Gasteiger partial charge on any atom is -0.478 e. The predicted octanol–water partition coefficient (Wildman–Crippen LogP) is 2.52. The number of hydrogen-bond acceptors (Lipinski definition) is 2. The molecule has 1 atom stereocenters. The van der Waals surface area contributed by atoms with Gasteiger partial charge >= 0.3 is 18.2 Å². The molecule has 0 aliphatic carbocycles. The van der Waals surface area contributed by atoms with E-state index in [9.17, 15) is 22.8 Å². The van der Waals surface area contributed by atoms with Crippen molar-refractivity contribution >= 4 is 12.0 Å². The third-order valence-electron chi connectivity index (χ3n) is 2.57. The van der Waals surface area contributed by atoms with Crippen LogP contribution >= 0.6 is 0 Å². The quantitative estimate of drug-likeness (QED) is 0.782. The molecule has 3 N–H and O–H groups in total. The Bertz CT molecular complexity index is 500. The molecule has 2 amide bonds. The van der Waals surface area contributed by atoms with Gasteiger partial charge in [0.15, 0.2) is 0 Å². The van der Waals surface area contributed by atoms with Crippen LogP contribution in [-0.4, -0.2) is 29.3 Å². The fraction of sp³-hybridized carbons (Fsp3) is 0.385. The lowest BCUT2D eigenvalue weighted by atomic mass is 10.1. The van der Waals surface area contributed by atoms with E-state index in [-0.39, 0.29) is 12.1 Å². The van der Waals surface area contributed by atoms with Crippen LogP contribution in [0, 0.1) is 0 Å². The van der Waals surface area contributed by atoms with E-state index in [0.717, 1.165) is 0 Å². The van der Waals surface area contributed by atoms with Crippen LogP contribution in [0.2, 0.25) is 0 Å². The van der Waals surface area contributed by atoms with Crippen molar-refractivity contribution < 1.29 is 27.9 Å². The number of carbonyl (C=O) groups is 2. The molecule has 116 valence electrons. The van der Waals surface area contributed by atoms with E-state index in [1.807, 2.05) is 0 Å². The fourth-order valence-corrected chi connectivity index (χ4v) is 1.62. The Morgan fingerprint density at radius 3 is 2.29 bits per heavy atom. The van der Waals surface area contributed by atoms with Crippen LogP contribution in [0.3, 0.4) is 0 Å². The second kappa shape index (κ2) is 6.96. The lowest BCUT2D eigenvalue weighted by Crippen LogP contribution is -2.42. The Labute approximate surface area is 119 Å². The van der Waals surface area contributed by atoms with Gasteiger partial charge in [-0.2, -0.15) is 13.2 Å². The molecule has 0 radical (unpaired) electrons. The first-order valence-electron chi connectivity index (χ1n) is 6.11.